The van der Waals surface area contributed by atoms with E-state index < -0.39 is 16.4 Å². The first-order valence-corrected chi connectivity index (χ1v) is 4.48. The van der Waals surface area contributed by atoms with Crippen LogP contribution in [0.3, 0.4) is 0 Å². The predicted molar refractivity (Wildman–Crippen MR) is 55.5 cm³/mol. The molecule has 0 saturated heterocycles. The van der Waals surface area contributed by atoms with Gasteiger partial charge < -0.3 is 10.6 Å². The fraction of sp³-hybridized carbons (Fsp3) is 0.333. The molecule has 1 rings (SSSR count). The Morgan fingerprint density at radius 1 is 1.47 bits per heavy atom. The van der Waals surface area contributed by atoms with E-state index in [-0.39, 0.29) is 5.69 Å². The molecule has 0 aliphatic heterocycles. The van der Waals surface area contributed by atoms with Crippen molar-refractivity contribution < 1.29 is 9.31 Å². The zero-order valence-corrected chi connectivity index (χ0v) is 8.29. The van der Waals surface area contributed by atoms with Gasteiger partial charge in [0, 0.05) is 13.1 Å². The van der Waals surface area contributed by atoms with E-state index >= 15 is 0 Å². The summed E-state index contributed by atoms with van der Waals surface area (Å²) in [5, 5.41) is 16.3. The molecule has 6 heteroatoms. The first-order valence-electron chi connectivity index (χ1n) is 4.48. The Bertz CT molecular complexity index is 357. The van der Waals surface area contributed by atoms with Gasteiger partial charge in [-0.2, -0.15) is 4.39 Å². The van der Waals surface area contributed by atoms with Crippen LogP contribution in [-0.4, -0.2) is 25.1 Å². The van der Waals surface area contributed by atoms with Crippen LogP contribution in [0.15, 0.2) is 18.2 Å². The molecule has 0 aromatic heterocycles. The summed E-state index contributed by atoms with van der Waals surface area (Å²) in [5.74, 6) is -0.825. The van der Waals surface area contributed by atoms with E-state index in [1.54, 1.807) is 7.05 Å². The van der Waals surface area contributed by atoms with Gasteiger partial charge in [-0.15, -0.1) is 0 Å². The van der Waals surface area contributed by atoms with Gasteiger partial charge in [-0.1, -0.05) is 6.07 Å². The Labute approximate surface area is 86.4 Å². The average Bonchev–Trinajstić information content (AvgIpc) is 2.17. The highest BCUT2D eigenvalue weighted by molar-refractivity contribution is 5.61. The fourth-order valence-electron chi connectivity index (χ4n) is 1.17. The number of likely N-dealkylation sites (N-methyl/N-ethyl adjacent to an activating group) is 1. The first-order chi connectivity index (χ1) is 7.16. The molecule has 0 saturated carbocycles. The Balaban J connectivity index is 2.86. The van der Waals surface area contributed by atoms with Crippen molar-refractivity contribution >= 4 is 11.4 Å². The maximum atomic E-state index is 13.1. The van der Waals surface area contributed by atoms with E-state index in [4.69, 9.17) is 0 Å². The van der Waals surface area contributed by atoms with E-state index in [1.165, 1.54) is 12.1 Å². The quantitative estimate of drug-likeness (QED) is 0.440. The van der Waals surface area contributed by atoms with Crippen molar-refractivity contribution in [2.24, 2.45) is 0 Å². The van der Waals surface area contributed by atoms with Crippen molar-refractivity contribution in [3.63, 3.8) is 0 Å². The van der Waals surface area contributed by atoms with Gasteiger partial charge in [0.15, 0.2) is 0 Å². The number of nitro benzene ring substituents is 1. The fourth-order valence-corrected chi connectivity index (χ4v) is 1.17. The molecule has 0 unspecified atom stereocenters. The number of benzene rings is 1. The van der Waals surface area contributed by atoms with E-state index in [2.05, 4.69) is 10.6 Å². The third kappa shape index (κ3) is 2.88. The number of para-hydroxylation sites is 1. The minimum atomic E-state index is -0.825. The summed E-state index contributed by atoms with van der Waals surface area (Å²) in [5.41, 5.74) is -0.302. The van der Waals surface area contributed by atoms with Crippen molar-refractivity contribution in [2.45, 2.75) is 0 Å². The first kappa shape index (κ1) is 11.4. The number of hydrogen-bond donors (Lipinski definition) is 2. The summed E-state index contributed by atoms with van der Waals surface area (Å²) in [7, 11) is 1.77. The molecule has 15 heavy (non-hydrogen) atoms. The van der Waals surface area contributed by atoms with Crippen LogP contribution in [0.2, 0.25) is 0 Å². The summed E-state index contributed by atoms with van der Waals surface area (Å²) in [6, 6.07) is 3.99. The molecule has 5 nitrogen and oxygen atoms in total. The SMILES string of the molecule is CNCCNc1cccc(F)c1[N+](=O)[O-]. The lowest BCUT2D eigenvalue weighted by molar-refractivity contribution is -0.386. The Morgan fingerprint density at radius 2 is 2.20 bits per heavy atom. The molecular formula is C9H12FN3O2. The molecule has 0 aliphatic rings. The Kier molecular flexibility index (Phi) is 3.99. The van der Waals surface area contributed by atoms with E-state index in [0.717, 1.165) is 6.07 Å². The highest BCUT2D eigenvalue weighted by Crippen LogP contribution is 2.26. The van der Waals surface area contributed by atoms with Crippen molar-refractivity contribution in [1.29, 1.82) is 0 Å². The number of halogens is 1. The monoisotopic (exact) mass is 213 g/mol. The van der Waals surface area contributed by atoms with Crippen LogP contribution >= 0.6 is 0 Å². The van der Waals surface area contributed by atoms with Gasteiger partial charge in [0.2, 0.25) is 5.82 Å². The van der Waals surface area contributed by atoms with Crippen LogP contribution in [0.4, 0.5) is 15.8 Å². The van der Waals surface area contributed by atoms with Gasteiger partial charge in [0.1, 0.15) is 5.69 Å². The van der Waals surface area contributed by atoms with Crippen LogP contribution < -0.4 is 10.6 Å². The zero-order chi connectivity index (χ0) is 11.3. The number of anilines is 1. The molecule has 0 fully saturated rings. The third-order valence-corrected chi connectivity index (χ3v) is 1.86. The second-order valence-corrected chi connectivity index (χ2v) is 2.92. The summed E-state index contributed by atoms with van der Waals surface area (Å²) < 4.78 is 13.1. The molecule has 0 spiro atoms. The third-order valence-electron chi connectivity index (χ3n) is 1.86. The molecule has 0 heterocycles. The van der Waals surface area contributed by atoms with Gasteiger partial charge in [-0.05, 0) is 19.2 Å². The number of nitro groups is 1. The van der Waals surface area contributed by atoms with Crippen LogP contribution in [-0.2, 0) is 0 Å². The van der Waals surface area contributed by atoms with Crippen molar-refractivity contribution in [1.82, 2.24) is 5.32 Å². The van der Waals surface area contributed by atoms with Crippen LogP contribution in [0.1, 0.15) is 0 Å². The number of hydrogen-bond acceptors (Lipinski definition) is 4. The average molecular weight is 213 g/mol. The molecule has 0 bridgehead atoms. The predicted octanol–water partition coefficient (Wildman–Crippen LogP) is 1.37. The molecule has 0 atom stereocenters. The van der Waals surface area contributed by atoms with Gasteiger partial charge in [0.05, 0.1) is 4.92 Å². The number of rotatable bonds is 5. The van der Waals surface area contributed by atoms with E-state index in [1.807, 2.05) is 0 Å². The molecule has 1 aromatic carbocycles. The van der Waals surface area contributed by atoms with Gasteiger partial charge in [0.25, 0.3) is 0 Å². The summed E-state index contributed by atoms with van der Waals surface area (Å²) in [4.78, 5) is 9.86. The van der Waals surface area contributed by atoms with Crippen molar-refractivity contribution in [2.75, 3.05) is 25.5 Å². The lowest BCUT2D eigenvalue weighted by atomic mass is 10.2. The van der Waals surface area contributed by atoms with Crippen molar-refractivity contribution in [3.8, 4) is 0 Å². The minimum Gasteiger partial charge on any atom is -0.378 e. The lowest BCUT2D eigenvalue weighted by Crippen LogP contribution is -2.18. The molecule has 2 N–H and O–H groups in total. The summed E-state index contributed by atoms with van der Waals surface area (Å²) in [6.07, 6.45) is 0. The highest BCUT2D eigenvalue weighted by atomic mass is 19.1. The molecule has 0 amide bonds. The van der Waals surface area contributed by atoms with Crippen LogP contribution in [0.5, 0.6) is 0 Å². The van der Waals surface area contributed by atoms with Crippen LogP contribution in [0.25, 0.3) is 0 Å². The van der Waals surface area contributed by atoms with Gasteiger partial charge in [-0.3, -0.25) is 10.1 Å². The second-order valence-electron chi connectivity index (χ2n) is 2.92. The second kappa shape index (κ2) is 5.26. The van der Waals surface area contributed by atoms with E-state index in [9.17, 15) is 14.5 Å². The van der Waals surface area contributed by atoms with Crippen molar-refractivity contribution in [3.05, 3.63) is 34.1 Å². The normalized spacial score (nSPS) is 10.0. The summed E-state index contributed by atoms with van der Waals surface area (Å²) >= 11 is 0. The van der Waals surface area contributed by atoms with E-state index in [0.29, 0.717) is 13.1 Å². The zero-order valence-electron chi connectivity index (χ0n) is 8.29. The smallest absolute Gasteiger partial charge is 0.327 e. The van der Waals surface area contributed by atoms with Gasteiger partial charge in [-0.25, -0.2) is 0 Å². The standard InChI is InChI=1S/C9H12FN3O2/c1-11-5-6-12-8-4-2-3-7(10)9(8)13(14)15/h2-4,11-12H,5-6H2,1H3. The topological polar surface area (TPSA) is 67.2 Å². The maximum Gasteiger partial charge on any atom is 0.327 e. The molecular weight excluding hydrogens is 201 g/mol. The molecule has 0 radical (unpaired) electrons. The molecule has 0 aliphatic carbocycles. The number of nitrogens with one attached hydrogen (secondary N) is 2. The molecule has 1 aromatic rings. The summed E-state index contributed by atoms with van der Waals surface area (Å²) in [6.45, 7) is 1.15. The largest absolute Gasteiger partial charge is 0.378 e. The Hall–Kier alpha value is -1.69. The van der Waals surface area contributed by atoms with Gasteiger partial charge >= 0.3 is 5.69 Å². The molecule has 82 valence electrons. The minimum absolute atomic E-state index is 0.204. The highest BCUT2D eigenvalue weighted by Gasteiger charge is 2.18. The Morgan fingerprint density at radius 3 is 2.80 bits per heavy atom. The maximum absolute atomic E-state index is 13.1. The lowest BCUT2D eigenvalue weighted by Gasteiger charge is -2.06. The van der Waals surface area contributed by atoms with Crippen LogP contribution in [0, 0.1) is 15.9 Å². The number of nitrogens with zero attached hydrogens (tertiary/aromatic N) is 1.